The van der Waals surface area contributed by atoms with Crippen molar-refractivity contribution in [1.29, 1.82) is 0 Å². The highest BCUT2D eigenvalue weighted by molar-refractivity contribution is 14.1. The lowest BCUT2D eigenvalue weighted by molar-refractivity contribution is 0.0735. The minimum absolute atomic E-state index is 0.390. The summed E-state index contributed by atoms with van der Waals surface area (Å²) < 4.78 is 7.20. The standard InChI is InChI=1S/C16H9BrINO2/c17-11-6-7-13(18)12(9-11)16(20)21-14-5-1-3-10-4-2-8-19-15(10)14/h1-9H. The summed E-state index contributed by atoms with van der Waals surface area (Å²) in [5.41, 5.74) is 1.20. The molecule has 104 valence electrons. The van der Waals surface area contributed by atoms with Gasteiger partial charge in [0.25, 0.3) is 0 Å². The van der Waals surface area contributed by atoms with Crippen LogP contribution < -0.4 is 4.74 Å². The largest absolute Gasteiger partial charge is 0.421 e. The zero-order valence-electron chi connectivity index (χ0n) is 10.7. The summed E-state index contributed by atoms with van der Waals surface area (Å²) in [6.45, 7) is 0. The second kappa shape index (κ2) is 6.11. The van der Waals surface area contributed by atoms with Gasteiger partial charge in [0.05, 0.1) is 5.56 Å². The monoisotopic (exact) mass is 453 g/mol. The van der Waals surface area contributed by atoms with E-state index in [1.54, 1.807) is 18.3 Å². The van der Waals surface area contributed by atoms with Crippen molar-refractivity contribution < 1.29 is 9.53 Å². The zero-order chi connectivity index (χ0) is 14.8. The van der Waals surface area contributed by atoms with Gasteiger partial charge in [-0.1, -0.05) is 34.1 Å². The maximum Gasteiger partial charge on any atom is 0.344 e. The Morgan fingerprint density at radius 1 is 1.14 bits per heavy atom. The molecule has 0 aliphatic rings. The average Bonchev–Trinajstić information content (AvgIpc) is 2.50. The summed E-state index contributed by atoms with van der Waals surface area (Å²) in [6.07, 6.45) is 1.68. The molecule has 0 saturated carbocycles. The predicted octanol–water partition coefficient (Wildman–Crippen LogP) is 4.82. The van der Waals surface area contributed by atoms with Crippen LogP contribution in [-0.4, -0.2) is 11.0 Å². The van der Waals surface area contributed by atoms with Gasteiger partial charge in [-0.25, -0.2) is 4.79 Å². The molecule has 0 N–H and O–H groups in total. The lowest BCUT2D eigenvalue weighted by Crippen LogP contribution is -2.10. The van der Waals surface area contributed by atoms with E-state index in [0.717, 1.165) is 13.4 Å². The normalized spacial score (nSPS) is 10.6. The number of nitrogens with zero attached hydrogens (tertiary/aromatic N) is 1. The van der Waals surface area contributed by atoms with Gasteiger partial charge in [0, 0.05) is 19.6 Å². The number of fused-ring (bicyclic) bond motifs is 1. The second-order valence-electron chi connectivity index (χ2n) is 4.34. The molecule has 21 heavy (non-hydrogen) atoms. The smallest absolute Gasteiger partial charge is 0.344 e. The van der Waals surface area contributed by atoms with E-state index in [4.69, 9.17) is 4.74 Å². The number of benzene rings is 2. The van der Waals surface area contributed by atoms with Crippen LogP contribution in [0.4, 0.5) is 0 Å². The first-order chi connectivity index (χ1) is 10.1. The van der Waals surface area contributed by atoms with Crippen LogP contribution in [0.5, 0.6) is 5.75 Å². The van der Waals surface area contributed by atoms with Crippen molar-refractivity contribution in [2.24, 2.45) is 0 Å². The first kappa shape index (κ1) is 14.5. The quantitative estimate of drug-likeness (QED) is 0.317. The van der Waals surface area contributed by atoms with Crippen LogP contribution in [0.2, 0.25) is 0 Å². The molecule has 0 unspecified atom stereocenters. The first-order valence-corrected chi connectivity index (χ1v) is 8.03. The molecule has 0 amide bonds. The van der Waals surface area contributed by atoms with Gasteiger partial charge in [-0.3, -0.25) is 4.98 Å². The molecule has 3 rings (SSSR count). The Balaban J connectivity index is 1.99. The van der Waals surface area contributed by atoms with Crippen LogP contribution in [0.25, 0.3) is 10.9 Å². The molecule has 0 radical (unpaired) electrons. The molecule has 3 aromatic rings. The number of hydrogen-bond acceptors (Lipinski definition) is 3. The van der Waals surface area contributed by atoms with Crippen LogP contribution in [0.15, 0.2) is 59.2 Å². The molecule has 0 fully saturated rings. The summed E-state index contributed by atoms with van der Waals surface area (Å²) in [7, 11) is 0. The molecule has 0 atom stereocenters. The summed E-state index contributed by atoms with van der Waals surface area (Å²) in [6, 6.07) is 14.8. The lowest BCUT2D eigenvalue weighted by atomic mass is 10.2. The van der Waals surface area contributed by atoms with Crippen molar-refractivity contribution in [3.63, 3.8) is 0 Å². The predicted molar refractivity (Wildman–Crippen MR) is 93.6 cm³/mol. The number of carbonyl (C=O) groups is 1. The number of pyridine rings is 1. The highest BCUT2D eigenvalue weighted by Gasteiger charge is 2.14. The fraction of sp³-hybridized carbons (Fsp3) is 0. The first-order valence-electron chi connectivity index (χ1n) is 6.16. The van der Waals surface area contributed by atoms with E-state index >= 15 is 0 Å². The molecule has 1 heterocycles. The summed E-state index contributed by atoms with van der Waals surface area (Å²) in [5.74, 6) is 0.0766. The van der Waals surface area contributed by atoms with E-state index in [1.165, 1.54) is 0 Å². The van der Waals surface area contributed by atoms with Crippen molar-refractivity contribution in [2.75, 3.05) is 0 Å². The average molecular weight is 454 g/mol. The Bertz CT molecular complexity index is 830. The number of hydrogen-bond donors (Lipinski definition) is 0. The molecule has 0 bridgehead atoms. The third kappa shape index (κ3) is 3.08. The number of ether oxygens (including phenoxy) is 1. The minimum atomic E-state index is -0.390. The SMILES string of the molecule is O=C(Oc1cccc2cccnc12)c1cc(Br)ccc1I. The fourth-order valence-corrected chi connectivity index (χ4v) is 2.88. The molecular weight excluding hydrogens is 445 g/mol. The summed E-state index contributed by atoms with van der Waals surface area (Å²) in [4.78, 5) is 16.6. The van der Waals surface area contributed by atoms with Crippen molar-refractivity contribution >= 4 is 55.4 Å². The highest BCUT2D eigenvalue weighted by atomic mass is 127. The maximum atomic E-state index is 12.4. The minimum Gasteiger partial charge on any atom is -0.421 e. The van der Waals surface area contributed by atoms with E-state index in [2.05, 4.69) is 43.5 Å². The Kier molecular flexibility index (Phi) is 4.21. The number of rotatable bonds is 2. The summed E-state index contributed by atoms with van der Waals surface area (Å²) >= 11 is 5.48. The summed E-state index contributed by atoms with van der Waals surface area (Å²) in [5, 5.41) is 0.937. The second-order valence-corrected chi connectivity index (χ2v) is 6.42. The molecule has 5 heteroatoms. The number of para-hydroxylation sites is 1. The Morgan fingerprint density at radius 2 is 1.95 bits per heavy atom. The van der Waals surface area contributed by atoms with E-state index in [1.807, 2.05) is 36.4 Å². The number of carbonyl (C=O) groups excluding carboxylic acids is 1. The molecule has 0 aliphatic carbocycles. The third-order valence-electron chi connectivity index (χ3n) is 2.95. The molecule has 0 spiro atoms. The van der Waals surface area contributed by atoms with Gasteiger partial charge in [0.2, 0.25) is 0 Å². The third-order valence-corrected chi connectivity index (χ3v) is 4.38. The van der Waals surface area contributed by atoms with Crippen LogP contribution in [0.1, 0.15) is 10.4 Å². The topological polar surface area (TPSA) is 39.2 Å². The van der Waals surface area contributed by atoms with Crippen molar-refractivity contribution in [1.82, 2.24) is 4.98 Å². The number of halogens is 2. The van der Waals surface area contributed by atoms with Gasteiger partial charge < -0.3 is 4.74 Å². The van der Waals surface area contributed by atoms with E-state index in [9.17, 15) is 4.79 Å². The lowest BCUT2D eigenvalue weighted by Gasteiger charge is -2.08. The molecule has 1 aromatic heterocycles. The molecule has 3 nitrogen and oxygen atoms in total. The Labute approximate surface area is 143 Å². The fourth-order valence-electron chi connectivity index (χ4n) is 1.97. The van der Waals surface area contributed by atoms with E-state index < -0.39 is 0 Å². The number of aromatic nitrogens is 1. The van der Waals surface area contributed by atoms with E-state index in [0.29, 0.717) is 16.8 Å². The number of esters is 1. The molecule has 0 aliphatic heterocycles. The van der Waals surface area contributed by atoms with Gasteiger partial charge in [-0.05, 0) is 52.9 Å². The van der Waals surface area contributed by atoms with Crippen LogP contribution >= 0.6 is 38.5 Å². The van der Waals surface area contributed by atoms with Gasteiger partial charge in [-0.15, -0.1) is 0 Å². The zero-order valence-corrected chi connectivity index (χ0v) is 14.5. The molecule has 2 aromatic carbocycles. The Hall–Kier alpha value is -1.47. The molecular formula is C16H9BrINO2. The van der Waals surface area contributed by atoms with Crippen LogP contribution in [-0.2, 0) is 0 Å². The van der Waals surface area contributed by atoms with Gasteiger partial charge in [0.1, 0.15) is 5.52 Å². The van der Waals surface area contributed by atoms with Gasteiger partial charge in [-0.2, -0.15) is 0 Å². The van der Waals surface area contributed by atoms with E-state index in [-0.39, 0.29) is 5.97 Å². The van der Waals surface area contributed by atoms with Crippen LogP contribution in [0, 0.1) is 3.57 Å². The maximum absolute atomic E-state index is 12.4. The van der Waals surface area contributed by atoms with Crippen LogP contribution in [0.3, 0.4) is 0 Å². The highest BCUT2D eigenvalue weighted by Crippen LogP contribution is 2.25. The van der Waals surface area contributed by atoms with Crippen molar-refractivity contribution in [2.45, 2.75) is 0 Å². The van der Waals surface area contributed by atoms with Gasteiger partial charge in [0.15, 0.2) is 5.75 Å². The van der Waals surface area contributed by atoms with Crippen molar-refractivity contribution in [3.05, 3.63) is 68.3 Å². The molecule has 0 saturated heterocycles. The Morgan fingerprint density at radius 3 is 2.81 bits per heavy atom. The van der Waals surface area contributed by atoms with Gasteiger partial charge >= 0.3 is 5.97 Å². The van der Waals surface area contributed by atoms with Crippen molar-refractivity contribution in [3.8, 4) is 5.75 Å².